The van der Waals surface area contributed by atoms with E-state index in [0.717, 1.165) is 24.1 Å². The lowest BCUT2D eigenvalue weighted by Crippen LogP contribution is -2.33. The highest BCUT2D eigenvalue weighted by molar-refractivity contribution is 5.81. The molecule has 0 unspecified atom stereocenters. The Labute approximate surface area is 314 Å². The Balaban J connectivity index is 1.18. The van der Waals surface area contributed by atoms with Gasteiger partial charge in [0.1, 0.15) is 37.0 Å². The molecular weight excluding hydrogens is 696 g/mol. The third kappa shape index (κ3) is 27.3. The number of carbonyl (C=O) groups excluding carboxylic acids is 1. The molecule has 2 rings (SSSR count). The quantitative estimate of drug-likeness (QED) is 0.0422. The van der Waals surface area contributed by atoms with E-state index < -0.39 is 5.97 Å². The van der Waals surface area contributed by atoms with Crippen molar-refractivity contribution < 1.29 is 70.9 Å². The zero-order valence-corrected chi connectivity index (χ0v) is 31.4. The van der Waals surface area contributed by atoms with Gasteiger partial charge in [0.2, 0.25) is 6.33 Å². The fraction of sp³-hybridized carbons (Fsp3) is 0.676. The summed E-state index contributed by atoms with van der Waals surface area (Å²) in [6.07, 6.45) is 7.18. The van der Waals surface area contributed by atoms with E-state index >= 15 is 0 Å². The Bertz CT molecular complexity index is 1120. The molecule has 0 saturated heterocycles. The van der Waals surface area contributed by atoms with Gasteiger partial charge in [0.05, 0.1) is 152 Å². The number of esters is 1. The molecule has 0 N–H and O–H groups in total. The highest BCUT2D eigenvalue weighted by atomic mass is 16.6. The van der Waals surface area contributed by atoms with E-state index in [2.05, 4.69) is 15.7 Å². The van der Waals surface area contributed by atoms with Gasteiger partial charge < -0.3 is 61.6 Å². The fourth-order valence-corrected chi connectivity index (χ4v) is 4.16. The first-order valence-electron chi connectivity index (χ1n) is 18.1. The second kappa shape index (κ2) is 34.7. The summed E-state index contributed by atoms with van der Waals surface area (Å²) in [7, 11) is 1.66. The smallest absolute Gasteiger partial charge is 0.330 e. The number of imidazole rings is 1. The molecule has 0 aliphatic rings. The van der Waals surface area contributed by atoms with E-state index in [1.54, 1.807) is 7.11 Å². The molecule has 16 nitrogen and oxygen atoms in total. The van der Waals surface area contributed by atoms with Crippen molar-refractivity contribution in [3.63, 3.8) is 0 Å². The molecule has 0 bridgehead atoms. The van der Waals surface area contributed by atoms with E-state index in [1.165, 1.54) is 0 Å². The van der Waals surface area contributed by atoms with Crippen LogP contribution >= 0.6 is 0 Å². The van der Waals surface area contributed by atoms with Crippen molar-refractivity contribution in [2.75, 3.05) is 159 Å². The number of methoxy groups -OCH3 is 1. The predicted molar refractivity (Wildman–Crippen MR) is 193 cm³/mol. The standard InChI is InChI=1S/C37H61N2O14/c1-3-37(40)53-33-32-52-31-30-51-29-28-50-27-26-49-25-24-48-23-22-47-21-20-46-19-18-45-17-16-44-15-14-43-13-12-42-11-10-38-8-9-39(34-38)35-4-6-36(41-2)7-5-35/h3-9,34H,1,10-33H2,2H3/q+1. The van der Waals surface area contributed by atoms with Crippen LogP contribution in [-0.2, 0) is 68.2 Å². The summed E-state index contributed by atoms with van der Waals surface area (Å²) in [5.41, 5.74) is 1.07. The van der Waals surface area contributed by atoms with Gasteiger partial charge in [0.25, 0.3) is 0 Å². The first kappa shape index (κ1) is 46.2. The van der Waals surface area contributed by atoms with Crippen LogP contribution in [-0.4, -0.2) is 170 Å². The molecule has 16 heteroatoms. The minimum atomic E-state index is -0.461. The average Bonchev–Trinajstić information content (AvgIpc) is 3.66. The highest BCUT2D eigenvalue weighted by Crippen LogP contribution is 2.14. The van der Waals surface area contributed by atoms with Crippen molar-refractivity contribution in [3.8, 4) is 11.4 Å². The van der Waals surface area contributed by atoms with Gasteiger partial charge >= 0.3 is 5.97 Å². The van der Waals surface area contributed by atoms with Crippen LogP contribution in [0.3, 0.4) is 0 Å². The van der Waals surface area contributed by atoms with Gasteiger partial charge in [-0.3, -0.25) is 0 Å². The van der Waals surface area contributed by atoms with E-state index in [4.69, 9.17) is 61.6 Å². The van der Waals surface area contributed by atoms with Crippen LogP contribution in [0.4, 0.5) is 0 Å². The highest BCUT2D eigenvalue weighted by Gasteiger charge is 2.07. The predicted octanol–water partition coefficient (Wildman–Crippen LogP) is 1.69. The molecule has 0 fully saturated rings. The summed E-state index contributed by atoms with van der Waals surface area (Å²) in [4.78, 5) is 10.9. The first-order valence-corrected chi connectivity index (χ1v) is 18.1. The maximum absolute atomic E-state index is 10.9. The average molecular weight is 758 g/mol. The number of benzene rings is 1. The third-order valence-corrected chi connectivity index (χ3v) is 6.91. The zero-order valence-electron chi connectivity index (χ0n) is 31.4. The van der Waals surface area contributed by atoms with Crippen LogP contribution in [0.1, 0.15) is 0 Å². The number of rotatable bonds is 39. The molecule has 53 heavy (non-hydrogen) atoms. The Morgan fingerprint density at radius 2 is 0.887 bits per heavy atom. The summed E-state index contributed by atoms with van der Waals surface area (Å²) >= 11 is 0. The summed E-state index contributed by atoms with van der Waals surface area (Å²) in [5, 5.41) is 0. The van der Waals surface area contributed by atoms with Gasteiger partial charge in [-0.05, 0) is 24.3 Å². The topological polar surface area (TPSA) is 146 Å². The molecule has 0 spiro atoms. The van der Waals surface area contributed by atoms with Crippen LogP contribution in [0.25, 0.3) is 5.69 Å². The molecular formula is C37H61N2O14+. The lowest BCUT2D eigenvalue weighted by atomic mass is 10.3. The summed E-state index contributed by atoms with van der Waals surface area (Å²) < 4.78 is 74.4. The van der Waals surface area contributed by atoms with Crippen LogP contribution in [0.15, 0.2) is 55.6 Å². The Kier molecular flexibility index (Phi) is 30.3. The van der Waals surface area contributed by atoms with E-state index in [-0.39, 0.29) is 6.61 Å². The van der Waals surface area contributed by atoms with Crippen molar-refractivity contribution in [1.29, 1.82) is 0 Å². The second-order valence-corrected chi connectivity index (χ2v) is 10.9. The van der Waals surface area contributed by atoms with Crippen LogP contribution < -0.4 is 9.30 Å². The second-order valence-electron chi connectivity index (χ2n) is 10.9. The minimum absolute atomic E-state index is 0.196. The largest absolute Gasteiger partial charge is 0.497 e. The first-order chi connectivity index (χ1) is 26.2. The minimum Gasteiger partial charge on any atom is -0.497 e. The van der Waals surface area contributed by atoms with E-state index in [0.29, 0.717) is 145 Å². The Morgan fingerprint density at radius 3 is 1.23 bits per heavy atom. The maximum atomic E-state index is 10.9. The van der Waals surface area contributed by atoms with Gasteiger partial charge in [0.15, 0.2) is 0 Å². The van der Waals surface area contributed by atoms with Crippen LogP contribution in [0.5, 0.6) is 5.75 Å². The van der Waals surface area contributed by atoms with Gasteiger partial charge in [0, 0.05) is 6.08 Å². The maximum Gasteiger partial charge on any atom is 0.330 e. The summed E-state index contributed by atoms with van der Waals surface area (Å²) in [6.45, 7) is 15.0. The SMILES string of the molecule is C=CC(=O)OCCOCCOCCOCCOCCOCCOCCOCCOCCOCCOCCOCC[n+]1ccn(-c2ccc(OC)cc2)c1. The molecule has 0 saturated carbocycles. The van der Waals surface area contributed by atoms with Crippen molar-refractivity contribution in [2.45, 2.75) is 6.54 Å². The van der Waals surface area contributed by atoms with Crippen molar-refractivity contribution in [3.05, 3.63) is 55.6 Å². The number of hydrogen-bond acceptors (Lipinski definition) is 14. The van der Waals surface area contributed by atoms with Gasteiger partial charge in [-0.25, -0.2) is 13.9 Å². The number of nitrogens with zero attached hydrogens (tertiary/aromatic N) is 2. The van der Waals surface area contributed by atoms with Gasteiger partial charge in [-0.1, -0.05) is 6.58 Å². The Hall–Kier alpha value is -3.00. The molecule has 0 aliphatic heterocycles. The molecule has 1 heterocycles. The van der Waals surface area contributed by atoms with Gasteiger partial charge in [-0.15, -0.1) is 0 Å². The molecule has 0 radical (unpaired) electrons. The number of aromatic nitrogens is 2. The number of carbonyl (C=O) groups is 1. The number of hydrogen-bond donors (Lipinski definition) is 0. The van der Waals surface area contributed by atoms with Crippen molar-refractivity contribution in [2.24, 2.45) is 0 Å². The molecule has 2 aromatic rings. The van der Waals surface area contributed by atoms with Crippen molar-refractivity contribution >= 4 is 5.97 Å². The van der Waals surface area contributed by atoms with Gasteiger partial charge in [-0.2, -0.15) is 0 Å². The zero-order chi connectivity index (χ0) is 37.7. The number of ether oxygens (including phenoxy) is 13. The molecule has 1 aromatic carbocycles. The summed E-state index contributed by atoms with van der Waals surface area (Å²) in [6, 6.07) is 7.92. The Morgan fingerprint density at radius 1 is 0.547 bits per heavy atom. The van der Waals surface area contributed by atoms with E-state index in [9.17, 15) is 4.79 Å². The van der Waals surface area contributed by atoms with E-state index in [1.807, 2.05) is 43.0 Å². The van der Waals surface area contributed by atoms with Crippen molar-refractivity contribution in [1.82, 2.24) is 4.57 Å². The summed E-state index contributed by atoms with van der Waals surface area (Å²) in [5.74, 6) is 0.377. The molecule has 302 valence electrons. The lowest BCUT2D eigenvalue weighted by Gasteiger charge is -2.09. The molecule has 0 amide bonds. The fourth-order valence-electron chi connectivity index (χ4n) is 4.16. The monoisotopic (exact) mass is 757 g/mol. The molecule has 0 atom stereocenters. The van der Waals surface area contributed by atoms with Crippen LogP contribution in [0, 0.1) is 0 Å². The third-order valence-electron chi connectivity index (χ3n) is 6.91. The normalized spacial score (nSPS) is 11.3. The molecule has 0 aliphatic carbocycles. The molecule has 1 aromatic heterocycles. The lowest BCUT2D eigenvalue weighted by molar-refractivity contribution is -0.697. The van der Waals surface area contributed by atoms with Crippen LogP contribution in [0.2, 0.25) is 0 Å².